The van der Waals surface area contributed by atoms with Gasteiger partial charge in [0, 0.05) is 37.0 Å². The Bertz CT molecular complexity index is 624. The van der Waals surface area contributed by atoms with E-state index in [1.807, 2.05) is 19.1 Å². The van der Waals surface area contributed by atoms with Gasteiger partial charge in [-0.05, 0) is 25.8 Å². The molecule has 5 heteroatoms. The molecule has 1 N–H and O–H groups in total. The number of hydrogen-bond donors (Lipinski definition) is 1. The number of aryl methyl sites for hydroxylation is 1. The van der Waals surface area contributed by atoms with E-state index in [2.05, 4.69) is 34.0 Å². The molecule has 1 heterocycles. The van der Waals surface area contributed by atoms with Crippen LogP contribution in [-0.2, 0) is 6.54 Å². The maximum atomic E-state index is 13.7. The Balaban J connectivity index is 2.14. The number of rotatable bonds is 8. The van der Waals surface area contributed by atoms with Gasteiger partial charge in [-0.2, -0.15) is 4.98 Å². The van der Waals surface area contributed by atoms with E-state index in [1.54, 1.807) is 12.1 Å². The van der Waals surface area contributed by atoms with Crippen molar-refractivity contribution in [3.63, 3.8) is 0 Å². The summed E-state index contributed by atoms with van der Waals surface area (Å²) in [5.41, 5.74) is 1.52. The Hall–Kier alpha value is -2.17. The van der Waals surface area contributed by atoms with Gasteiger partial charge in [-0.25, -0.2) is 9.37 Å². The first-order chi connectivity index (χ1) is 11.1. The molecule has 0 fully saturated rings. The van der Waals surface area contributed by atoms with Gasteiger partial charge in [0.25, 0.3) is 0 Å². The number of anilines is 2. The molecule has 0 saturated heterocycles. The van der Waals surface area contributed by atoms with Gasteiger partial charge >= 0.3 is 0 Å². The second kappa shape index (κ2) is 8.46. The molecule has 0 radical (unpaired) electrons. The smallest absolute Gasteiger partial charge is 0.225 e. The molecule has 1 aromatic carbocycles. The lowest BCUT2D eigenvalue weighted by Crippen LogP contribution is -2.26. The van der Waals surface area contributed by atoms with Crippen molar-refractivity contribution in [2.24, 2.45) is 0 Å². The molecule has 0 saturated carbocycles. The van der Waals surface area contributed by atoms with Gasteiger partial charge in [-0.1, -0.05) is 32.0 Å². The van der Waals surface area contributed by atoms with Crippen LogP contribution in [0.25, 0.3) is 0 Å². The Morgan fingerprint density at radius 1 is 1.09 bits per heavy atom. The fourth-order valence-corrected chi connectivity index (χ4v) is 2.49. The van der Waals surface area contributed by atoms with E-state index in [4.69, 9.17) is 0 Å². The maximum Gasteiger partial charge on any atom is 0.225 e. The Labute approximate surface area is 137 Å². The molecule has 0 aliphatic heterocycles. The van der Waals surface area contributed by atoms with E-state index in [9.17, 15) is 4.39 Å². The van der Waals surface area contributed by atoms with Crippen LogP contribution in [0.3, 0.4) is 0 Å². The average molecular weight is 316 g/mol. The number of benzene rings is 1. The van der Waals surface area contributed by atoms with Crippen LogP contribution in [0.15, 0.2) is 30.3 Å². The minimum Gasteiger partial charge on any atom is -0.356 e. The summed E-state index contributed by atoms with van der Waals surface area (Å²) >= 11 is 0. The fraction of sp³-hybridized carbons (Fsp3) is 0.444. The second-order valence-electron chi connectivity index (χ2n) is 5.62. The first-order valence-corrected chi connectivity index (χ1v) is 8.22. The zero-order valence-corrected chi connectivity index (χ0v) is 14.1. The lowest BCUT2D eigenvalue weighted by atomic mass is 10.2. The summed E-state index contributed by atoms with van der Waals surface area (Å²) in [6.07, 6.45) is 2.14. The number of halogens is 1. The van der Waals surface area contributed by atoms with Crippen molar-refractivity contribution in [2.45, 2.75) is 40.2 Å². The highest BCUT2D eigenvalue weighted by atomic mass is 19.1. The number of hydrogen-bond acceptors (Lipinski definition) is 4. The highest BCUT2D eigenvalue weighted by molar-refractivity contribution is 5.45. The van der Waals surface area contributed by atoms with Crippen molar-refractivity contribution >= 4 is 11.8 Å². The molecule has 0 aliphatic rings. The lowest BCUT2D eigenvalue weighted by Gasteiger charge is -2.23. The second-order valence-corrected chi connectivity index (χ2v) is 5.62. The Kier molecular flexibility index (Phi) is 6.32. The zero-order valence-electron chi connectivity index (χ0n) is 14.1. The van der Waals surface area contributed by atoms with Crippen LogP contribution in [0, 0.1) is 12.7 Å². The standard InChI is InChI=1S/C18H25FN4/c1-4-10-23(11-5-2)17-12-14(3)21-18(22-17)20-13-15-8-6-7-9-16(15)19/h6-9,12H,4-5,10-11,13H2,1-3H3,(H,20,21,22). The zero-order chi connectivity index (χ0) is 16.7. The van der Waals surface area contributed by atoms with Gasteiger partial charge in [0.2, 0.25) is 5.95 Å². The van der Waals surface area contributed by atoms with Gasteiger partial charge in [0.1, 0.15) is 11.6 Å². The molecule has 0 atom stereocenters. The Morgan fingerprint density at radius 3 is 2.43 bits per heavy atom. The summed E-state index contributed by atoms with van der Waals surface area (Å²) in [7, 11) is 0. The summed E-state index contributed by atoms with van der Waals surface area (Å²) in [6, 6.07) is 8.74. The van der Waals surface area contributed by atoms with E-state index < -0.39 is 0 Å². The predicted octanol–water partition coefficient (Wildman–Crippen LogP) is 4.16. The van der Waals surface area contributed by atoms with Crippen molar-refractivity contribution in [1.29, 1.82) is 0 Å². The SMILES string of the molecule is CCCN(CCC)c1cc(C)nc(NCc2ccccc2F)n1. The molecule has 0 unspecified atom stereocenters. The highest BCUT2D eigenvalue weighted by Crippen LogP contribution is 2.17. The third kappa shape index (κ3) is 4.91. The summed E-state index contributed by atoms with van der Waals surface area (Å²) in [4.78, 5) is 11.3. The third-order valence-electron chi connectivity index (χ3n) is 3.55. The first kappa shape index (κ1) is 17.2. The van der Waals surface area contributed by atoms with Crippen LogP contribution in [-0.4, -0.2) is 23.1 Å². The summed E-state index contributed by atoms with van der Waals surface area (Å²) < 4.78 is 13.7. The van der Waals surface area contributed by atoms with Gasteiger partial charge < -0.3 is 10.2 Å². The largest absolute Gasteiger partial charge is 0.356 e. The topological polar surface area (TPSA) is 41.1 Å². The third-order valence-corrected chi connectivity index (χ3v) is 3.55. The molecule has 0 bridgehead atoms. The molecular weight excluding hydrogens is 291 g/mol. The quantitative estimate of drug-likeness (QED) is 0.794. The van der Waals surface area contributed by atoms with Crippen LogP contribution in [0.1, 0.15) is 37.9 Å². The highest BCUT2D eigenvalue weighted by Gasteiger charge is 2.10. The first-order valence-electron chi connectivity index (χ1n) is 8.22. The van der Waals surface area contributed by atoms with Crippen molar-refractivity contribution in [3.05, 3.63) is 47.4 Å². The minimum atomic E-state index is -0.216. The van der Waals surface area contributed by atoms with Crippen molar-refractivity contribution in [1.82, 2.24) is 9.97 Å². The molecule has 2 rings (SSSR count). The molecule has 124 valence electrons. The van der Waals surface area contributed by atoms with E-state index in [-0.39, 0.29) is 5.82 Å². The monoisotopic (exact) mass is 316 g/mol. The maximum absolute atomic E-state index is 13.7. The molecule has 4 nitrogen and oxygen atoms in total. The summed E-state index contributed by atoms with van der Waals surface area (Å²) in [5.74, 6) is 1.25. The summed E-state index contributed by atoms with van der Waals surface area (Å²) in [6.45, 7) is 8.59. The lowest BCUT2D eigenvalue weighted by molar-refractivity contribution is 0.612. The number of nitrogens with zero attached hydrogens (tertiary/aromatic N) is 3. The van der Waals surface area contributed by atoms with Crippen molar-refractivity contribution in [3.8, 4) is 0 Å². The number of aromatic nitrogens is 2. The molecule has 0 amide bonds. The van der Waals surface area contributed by atoms with Gasteiger partial charge in [-0.15, -0.1) is 0 Å². The predicted molar refractivity (Wildman–Crippen MR) is 93.3 cm³/mol. The van der Waals surface area contributed by atoms with Crippen LogP contribution in [0.2, 0.25) is 0 Å². The van der Waals surface area contributed by atoms with Crippen LogP contribution >= 0.6 is 0 Å². The normalized spacial score (nSPS) is 10.6. The molecule has 0 aliphatic carbocycles. The number of nitrogens with one attached hydrogen (secondary N) is 1. The summed E-state index contributed by atoms with van der Waals surface area (Å²) in [5, 5.41) is 3.13. The molecule has 0 spiro atoms. The fourth-order valence-electron chi connectivity index (χ4n) is 2.49. The molecular formula is C18H25FN4. The van der Waals surface area contributed by atoms with Gasteiger partial charge in [0.05, 0.1) is 0 Å². The van der Waals surface area contributed by atoms with Crippen LogP contribution in [0.5, 0.6) is 0 Å². The van der Waals surface area contributed by atoms with Crippen LogP contribution in [0.4, 0.5) is 16.2 Å². The van der Waals surface area contributed by atoms with E-state index in [0.29, 0.717) is 18.1 Å². The Morgan fingerprint density at radius 2 is 1.78 bits per heavy atom. The van der Waals surface area contributed by atoms with E-state index >= 15 is 0 Å². The van der Waals surface area contributed by atoms with Gasteiger partial charge in [0.15, 0.2) is 0 Å². The molecule has 23 heavy (non-hydrogen) atoms. The molecule has 2 aromatic rings. The minimum absolute atomic E-state index is 0.216. The average Bonchev–Trinajstić information content (AvgIpc) is 2.53. The van der Waals surface area contributed by atoms with E-state index in [1.165, 1.54) is 6.07 Å². The van der Waals surface area contributed by atoms with Crippen molar-refractivity contribution < 1.29 is 4.39 Å². The molecule has 1 aromatic heterocycles. The van der Waals surface area contributed by atoms with E-state index in [0.717, 1.165) is 37.4 Å². The van der Waals surface area contributed by atoms with Gasteiger partial charge in [-0.3, -0.25) is 0 Å². The van der Waals surface area contributed by atoms with Crippen LogP contribution < -0.4 is 10.2 Å². The van der Waals surface area contributed by atoms with Crippen molar-refractivity contribution in [2.75, 3.05) is 23.3 Å².